The highest BCUT2D eigenvalue weighted by molar-refractivity contribution is 5.88. The Morgan fingerprint density at radius 2 is 1.88 bits per heavy atom. The van der Waals surface area contributed by atoms with Crippen molar-refractivity contribution in [2.75, 3.05) is 5.32 Å². The number of aryl methyl sites for hydroxylation is 2. The van der Waals surface area contributed by atoms with Gasteiger partial charge in [0.25, 0.3) is 0 Å². The van der Waals surface area contributed by atoms with Crippen LogP contribution in [0.2, 0.25) is 0 Å². The summed E-state index contributed by atoms with van der Waals surface area (Å²) in [6.07, 6.45) is 5.98. The highest BCUT2D eigenvalue weighted by atomic mass is 15.0. The summed E-state index contributed by atoms with van der Waals surface area (Å²) in [7, 11) is 0. The van der Waals surface area contributed by atoms with Crippen molar-refractivity contribution in [3.05, 3.63) is 47.1 Å². The zero-order valence-corrected chi connectivity index (χ0v) is 10.6. The Bertz CT molecular complexity index is 519. The average molecular weight is 225 g/mol. The van der Waals surface area contributed by atoms with Gasteiger partial charge < -0.3 is 5.32 Å². The second-order valence-corrected chi connectivity index (χ2v) is 5.31. The number of allylic oxidation sites excluding steroid dienone is 3. The average Bonchev–Trinajstić information content (AvgIpc) is 3.14. The fraction of sp³-hybridized carbons (Fsp3) is 0.375. The lowest BCUT2D eigenvalue weighted by atomic mass is 9.97. The molecule has 17 heavy (non-hydrogen) atoms. The van der Waals surface area contributed by atoms with Crippen LogP contribution >= 0.6 is 0 Å². The van der Waals surface area contributed by atoms with Gasteiger partial charge in [-0.1, -0.05) is 12.7 Å². The van der Waals surface area contributed by atoms with Gasteiger partial charge in [0.1, 0.15) is 0 Å². The van der Waals surface area contributed by atoms with Crippen LogP contribution in [0.25, 0.3) is 5.57 Å². The Kier molecular flexibility index (Phi) is 2.36. The van der Waals surface area contributed by atoms with Crippen molar-refractivity contribution < 1.29 is 0 Å². The van der Waals surface area contributed by atoms with Crippen molar-refractivity contribution in [2.45, 2.75) is 39.2 Å². The summed E-state index contributed by atoms with van der Waals surface area (Å²) in [6.45, 7) is 8.59. The van der Waals surface area contributed by atoms with E-state index in [4.69, 9.17) is 0 Å². The molecule has 1 saturated carbocycles. The third-order valence-corrected chi connectivity index (χ3v) is 3.69. The second kappa shape index (κ2) is 3.76. The van der Waals surface area contributed by atoms with Crippen molar-refractivity contribution in [1.29, 1.82) is 0 Å². The van der Waals surface area contributed by atoms with E-state index in [-0.39, 0.29) is 0 Å². The van der Waals surface area contributed by atoms with Gasteiger partial charge in [0, 0.05) is 17.3 Å². The topological polar surface area (TPSA) is 12.0 Å². The second-order valence-electron chi connectivity index (χ2n) is 5.31. The van der Waals surface area contributed by atoms with Gasteiger partial charge in [-0.3, -0.25) is 0 Å². The predicted octanol–water partition coefficient (Wildman–Crippen LogP) is 4.22. The quantitative estimate of drug-likeness (QED) is 0.809. The molecule has 0 atom stereocenters. The van der Waals surface area contributed by atoms with Crippen LogP contribution in [0.3, 0.4) is 0 Å². The molecule has 0 aliphatic heterocycles. The van der Waals surface area contributed by atoms with Gasteiger partial charge in [-0.05, 0) is 67.5 Å². The summed E-state index contributed by atoms with van der Waals surface area (Å²) < 4.78 is 0. The lowest BCUT2D eigenvalue weighted by Gasteiger charge is -2.15. The molecular formula is C16H19N. The number of benzene rings is 1. The lowest BCUT2D eigenvalue weighted by Crippen LogP contribution is -2.04. The molecule has 0 amide bonds. The molecule has 3 rings (SSSR count). The maximum Gasteiger partial charge on any atom is 0.0424 e. The first-order valence-corrected chi connectivity index (χ1v) is 6.41. The molecule has 2 aliphatic rings. The zero-order valence-electron chi connectivity index (χ0n) is 10.6. The Balaban J connectivity index is 1.99. The third-order valence-electron chi connectivity index (χ3n) is 3.69. The van der Waals surface area contributed by atoms with E-state index in [1.807, 2.05) is 0 Å². The van der Waals surface area contributed by atoms with Gasteiger partial charge in [-0.15, -0.1) is 0 Å². The molecule has 2 aliphatic carbocycles. The molecule has 88 valence electrons. The van der Waals surface area contributed by atoms with Crippen LogP contribution in [0, 0.1) is 13.8 Å². The SMILES string of the molecule is C=C(C1=CC1)c1cc(C)c(C)cc1NC1CC1. The fourth-order valence-electron chi connectivity index (χ4n) is 2.10. The number of rotatable bonds is 4. The first-order valence-electron chi connectivity index (χ1n) is 6.41. The molecule has 0 heterocycles. The summed E-state index contributed by atoms with van der Waals surface area (Å²) in [5.74, 6) is 0. The normalized spacial score (nSPS) is 17.6. The molecule has 1 aromatic carbocycles. The predicted molar refractivity (Wildman–Crippen MR) is 74.3 cm³/mol. The first-order chi connectivity index (χ1) is 8.15. The number of anilines is 1. The van der Waals surface area contributed by atoms with Crippen molar-refractivity contribution in [2.24, 2.45) is 0 Å². The number of hydrogen-bond acceptors (Lipinski definition) is 1. The van der Waals surface area contributed by atoms with Gasteiger partial charge in [-0.25, -0.2) is 0 Å². The van der Waals surface area contributed by atoms with Crippen molar-refractivity contribution in [3.63, 3.8) is 0 Å². The summed E-state index contributed by atoms with van der Waals surface area (Å²) in [5, 5.41) is 3.63. The van der Waals surface area contributed by atoms with Crippen molar-refractivity contribution >= 4 is 11.3 Å². The summed E-state index contributed by atoms with van der Waals surface area (Å²) >= 11 is 0. The molecular weight excluding hydrogens is 206 g/mol. The van der Waals surface area contributed by atoms with Crippen LogP contribution in [-0.4, -0.2) is 6.04 Å². The number of nitrogens with one attached hydrogen (secondary N) is 1. The molecule has 1 fully saturated rings. The summed E-state index contributed by atoms with van der Waals surface area (Å²) in [5.41, 5.74) is 7.89. The van der Waals surface area contributed by atoms with E-state index in [2.05, 4.69) is 44.0 Å². The van der Waals surface area contributed by atoms with E-state index in [0.29, 0.717) is 6.04 Å². The van der Waals surface area contributed by atoms with Crippen LogP contribution in [0.1, 0.15) is 36.0 Å². The van der Waals surface area contributed by atoms with Crippen LogP contribution in [-0.2, 0) is 0 Å². The molecule has 0 unspecified atom stereocenters. The fourth-order valence-corrected chi connectivity index (χ4v) is 2.10. The zero-order chi connectivity index (χ0) is 12.0. The molecule has 0 aromatic heterocycles. The Morgan fingerprint density at radius 3 is 2.47 bits per heavy atom. The Hall–Kier alpha value is -1.50. The van der Waals surface area contributed by atoms with Crippen LogP contribution < -0.4 is 5.32 Å². The summed E-state index contributed by atoms with van der Waals surface area (Å²) in [4.78, 5) is 0. The smallest absolute Gasteiger partial charge is 0.0424 e. The minimum absolute atomic E-state index is 0.692. The molecule has 1 nitrogen and oxygen atoms in total. The summed E-state index contributed by atoms with van der Waals surface area (Å²) in [6, 6.07) is 5.25. The van der Waals surface area contributed by atoms with Crippen LogP contribution in [0.4, 0.5) is 5.69 Å². The van der Waals surface area contributed by atoms with E-state index in [1.54, 1.807) is 0 Å². The van der Waals surface area contributed by atoms with Crippen molar-refractivity contribution in [3.8, 4) is 0 Å². The first kappa shape index (κ1) is 10.6. The van der Waals surface area contributed by atoms with Gasteiger partial charge >= 0.3 is 0 Å². The molecule has 0 spiro atoms. The number of hydrogen-bond donors (Lipinski definition) is 1. The van der Waals surface area contributed by atoms with E-state index < -0.39 is 0 Å². The Labute approximate surface area is 103 Å². The van der Waals surface area contributed by atoms with Gasteiger partial charge in [0.15, 0.2) is 0 Å². The van der Waals surface area contributed by atoms with Crippen molar-refractivity contribution in [1.82, 2.24) is 0 Å². The van der Waals surface area contributed by atoms with E-state index in [0.717, 1.165) is 6.42 Å². The highest BCUT2D eigenvalue weighted by Gasteiger charge is 2.23. The van der Waals surface area contributed by atoms with E-state index in [1.165, 1.54) is 46.4 Å². The molecule has 0 bridgehead atoms. The highest BCUT2D eigenvalue weighted by Crippen LogP contribution is 2.39. The molecule has 0 radical (unpaired) electrons. The van der Waals surface area contributed by atoms with Gasteiger partial charge in [-0.2, -0.15) is 0 Å². The molecule has 1 N–H and O–H groups in total. The van der Waals surface area contributed by atoms with Gasteiger partial charge in [0.2, 0.25) is 0 Å². The van der Waals surface area contributed by atoms with E-state index in [9.17, 15) is 0 Å². The molecule has 1 heteroatoms. The van der Waals surface area contributed by atoms with Crippen LogP contribution in [0.15, 0.2) is 30.4 Å². The monoisotopic (exact) mass is 225 g/mol. The van der Waals surface area contributed by atoms with Gasteiger partial charge in [0.05, 0.1) is 0 Å². The van der Waals surface area contributed by atoms with E-state index >= 15 is 0 Å². The molecule has 0 saturated heterocycles. The largest absolute Gasteiger partial charge is 0.382 e. The van der Waals surface area contributed by atoms with Crippen LogP contribution in [0.5, 0.6) is 0 Å². The minimum atomic E-state index is 0.692. The third kappa shape index (κ3) is 2.14. The maximum atomic E-state index is 4.24. The maximum absolute atomic E-state index is 4.24. The molecule has 1 aromatic rings. The Morgan fingerprint density at radius 1 is 1.24 bits per heavy atom. The standard InChI is InChI=1S/C16H19N/c1-10-8-15(12(3)13-4-5-13)16(9-11(10)2)17-14-6-7-14/h4,8-9,14,17H,3,5-7H2,1-2H3. The minimum Gasteiger partial charge on any atom is -0.382 e. The lowest BCUT2D eigenvalue weighted by molar-refractivity contribution is 1.14.